The third-order valence-corrected chi connectivity index (χ3v) is 7.34. The van der Waals surface area contributed by atoms with Crippen molar-refractivity contribution in [3.8, 4) is 5.75 Å². The molecule has 1 unspecified atom stereocenters. The maximum atomic E-state index is 12.8. The molecule has 1 saturated heterocycles. The predicted molar refractivity (Wildman–Crippen MR) is 126 cm³/mol. The van der Waals surface area contributed by atoms with Crippen LogP contribution in [0.3, 0.4) is 0 Å². The average Bonchev–Trinajstić information content (AvgIpc) is 2.79. The molecule has 1 spiro atoms. The first-order valence-electron chi connectivity index (χ1n) is 12.5. The maximum Gasteiger partial charge on any atom is 0.317 e. The van der Waals surface area contributed by atoms with E-state index in [1.165, 1.54) is 19.3 Å². The number of piperidine rings is 1. The summed E-state index contributed by atoms with van der Waals surface area (Å²) < 4.78 is 6.56. The molecule has 6 heteroatoms. The molecule has 1 aliphatic carbocycles. The van der Waals surface area contributed by atoms with Crippen LogP contribution in [-0.4, -0.2) is 48.1 Å². The molecule has 2 fully saturated rings. The van der Waals surface area contributed by atoms with E-state index >= 15 is 0 Å². The van der Waals surface area contributed by atoms with Crippen LogP contribution < -0.4 is 15.4 Å². The van der Waals surface area contributed by atoms with E-state index in [1.807, 2.05) is 23.1 Å². The molecule has 0 aromatic heterocycles. The highest BCUT2D eigenvalue weighted by atomic mass is 16.5. The first kappa shape index (κ1) is 22.9. The number of amides is 3. The number of urea groups is 1. The van der Waals surface area contributed by atoms with Gasteiger partial charge < -0.3 is 20.3 Å². The molecular weight excluding hydrogens is 402 g/mol. The van der Waals surface area contributed by atoms with E-state index < -0.39 is 0 Å². The summed E-state index contributed by atoms with van der Waals surface area (Å²) in [5.41, 5.74) is 0.842. The summed E-state index contributed by atoms with van der Waals surface area (Å²) in [6.07, 6.45) is 8.86. The lowest BCUT2D eigenvalue weighted by Crippen LogP contribution is -2.55. The van der Waals surface area contributed by atoms with E-state index in [1.54, 1.807) is 0 Å². The molecule has 32 heavy (non-hydrogen) atoms. The average molecular weight is 442 g/mol. The first-order chi connectivity index (χ1) is 15.4. The number of hydrogen-bond acceptors (Lipinski definition) is 3. The van der Waals surface area contributed by atoms with Gasteiger partial charge in [0.15, 0.2) is 0 Å². The van der Waals surface area contributed by atoms with Crippen molar-refractivity contribution in [1.82, 2.24) is 15.5 Å². The van der Waals surface area contributed by atoms with Crippen molar-refractivity contribution in [2.45, 2.75) is 89.2 Å². The standard InChI is InChI=1S/C26H39N3O3/c1-19(2)18-27-24(30)16-20-17-26(32-23-11-7-6-10-22(20)23)12-14-29(15-13-26)25(31)28-21-8-4-3-5-9-21/h6-7,10-11,19-21H,3-5,8-9,12-18H2,1-2H3,(H,27,30)(H,28,31). The molecule has 1 aromatic rings. The number of fused-ring (bicyclic) bond motifs is 1. The van der Waals surface area contributed by atoms with Crippen LogP contribution in [0.15, 0.2) is 24.3 Å². The molecular formula is C26H39N3O3. The van der Waals surface area contributed by atoms with Crippen LogP contribution >= 0.6 is 0 Å². The quantitative estimate of drug-likeness (QED) is 0.702. The highest BCUT2D eigenvalue weighted by Gasteiger charge is 2.44. The van der Waals surface area contributed by atoms with E-state index in [-0.39, 0.29) is 23.5 Å². The SMILES string of the molecule is CC(C)CNC(=O)CC1CC2(CCN(C(=O)NC3CCCCC3)CC2)Oc2ccccc21. The van der Waals surface area contributed by atoms with E-state index in [2.05, 4.69) is 30.5 Å². The Labute approximate surface area is 192 Å². The Morgan fingerprint density at radius 1 is 1.12 bits per heavy atom. The topological polar surface area (TPSA) is 70.7 Å². The zero-order valence-electron chi connectivity index (χ0n) is 19.7. The number of carbonyl (C=O) groups excluding carboxylic acids is 2. The van der Waals surface area contributed by atoms with Gasteiger partial charge in [-0.2, -0.15) is 0 Å². The number of nitrogens with one attached hydrogen (secondary N) is 2. The number of carbonyl (C=O) groups is 2. The Morgan fingerprint density at radius 3 is 2.56 bits per heavy atom. The molecule has 1 atom stereocenters. The molecule has 0 bridgehead atoms. The van der Waals surface area contributed by atoms with Crippen molar-refractivity contribution in [2.24, 2.45) is 5.92 Å². The monoisotopic (exact) mass is 441 g/mol. The van der Waals surface area contributed by atoms with Gasteiger partial charge in [0, 0.05) is 50.9 Å². The lowest BCUT2D eigenvalue weighted by Gasteiger charge is -2.47. The second kappa shape index (κ2) is 10.1. The third-order valence-electron chi connectivity index (χ3n) is 7.34. The Bertz CT molecular complexity index is 795. The van der Waals surface area contributed by atoms with Crippen LogP contribution in [0.1, 0.15) is 83.1 Å². The van der Waals surface area contributed by atoms with Gasteiger partial charge in [0.05, 0.1) is 0 Å². The van der Waals surface area contributed by atoms with Gasteiger partial charge >= 0.3 is 6.03 Å². The Kier molecular flexibility index (Phi) is 7.27. The number of benzene rings is 1. The second-order valence-corrected chi connectivity index (χ2v) is 10.4. The smallest absolute Gasteiger partial charge is 0.317 e. The number of para-hydroxylation sites is 1. The fourth-order valence-electron chi connectivity index (χ4n) is 5.48. The lowest BCUT2D eigenvalue weighted by molar-refractivity contribution is -0.122. The lowest BCUT2D eigenvalue weighted by atomic mass is 9.76. The van der Waals surface area contributed by atoms with E-state index in [9.17, 15) is 9.59 Å². The molecule has 2 N–H and O–H groups in total. The van der Waals surface area contributed by atoms with Gasteiger partial charge in [0.2, 0.25) is 5.91 Å². The fraction of sp³-hybridized carbons (Fsp3) is 0.692. The van der Waals surface area contributed by atoms with Crippen molar-refractivity contribution < 1.29 is 14.3 Å². The largest absolute Gasteiger partial charge is 0.487 e. The van der Waals surface area contributed by atoms with Crippen molar-refractivity contribution >= 4 is 11.9 Å². The first-order valence-corrected chi connectivity index (χ1v) is 12.5. The normalized spacial score (nSPS) is 22.8. The van der Waals surface area contributed by atoms with E-state index in [0.717, 1.165) is 43.4 Å². The summed E-state index contributed by atoms with van der Waals surface area (Å²) in [7, 11) is 0. The number of hydrogen-bond donors (Lipinski definition) is 2. The van der Waals surface area contributed by atoms with Crippen LogP contribution in [0, 0.1) is 5.92 Å². The summed E-state index contributed by atoms with van der Waals surface area (Å²) in [6.45, 7) is 6.33. The molecule has 6 nitrogen and oxygen atoms in total. The highest BCUT2D eigenvalue weighted by Crippen LogP contribution is 2.46. The fourth-order valence-corrected chi connectivity index (χ4v) is 5.48. The molecule has 2 aliphatic heterocycles. The zero-order chi connectivity index (χ0) is 22.6. The van der Waals surface area contributed by atoms with Crippen molar-refractivity contribution in [3.05, 3.63) is 29.8 Å². The third kappa shape index (κ3) is 5.57. The summed E-state index contributed by atoms with van der Waals surface area (Å²) in [4.78, 5) is 27.4. The Balaban J connectivity index is 1.38. The zero-order valence-corrected chi connectivity index (χ0v) is 19.7. The van der Waals surface area contributed by atoms with E-state index in [0.29, 0.717) is 38.0 Å². The predicted octanol–water partition coefficient (Wildman–Crippen LogP) is 4.59. The van der Waals surface area contributed by atoms with Gasteiger partial charge in [0.25, 0.3) is 0 Å². The molecule has 0 radical (unpaired) electrons. The van der Waals surface area contributed by atoms with Gasteiger partial charge in [-0.05, 0) is 36.8 Å². The van der Waals surface area contributed by atoms with Gasteiger partial charge in [-0.25, -0.2) is 4.79 Å². The molecule has 176 valence electrons. The maximum absolute atomic E-state index is 12.8. The minimum atomic E-state index is -0.293. The molecule has 3 amide bonds. The number of likely N-dealkylation sites (tertiary alicyclic amines) is 1. The molecule has 1 saturated carbocycles. The van der Waals surface area contributed by atoms with Gasteiger partial charge in [-0.3, -0.25) is 4.79 Å². The summed E-state index contributed by atoms with van der Waals surface area (Å²) >= 11 is 0. The Hall–Kier alpha value is -2.24. The summed E-state index contributed by atoms with van der Waals surface area (Å²) in [5.74, 6) is 1.60. The Morgan fingerprint density at radius 2 is 1.84 bits per heavy atom. The van der Waals surface area contributed by atoms with Crippen LogP contribution in [0.4, 0.5) is 4.79 Å². The molecule has 2 heterocycles. The van der Waals surface area contributed by atoms with Gasteiger partial charge in [0.1, 0.15) is 11.4 Å². The number of ether oxygens (including phenoxy) is 1. The van der Waals surface area contributed by atoms with Crippen LogP contribution in [-0.2, 0) is 4.79 Å². The summed E-state index contributed by atoms with van der Waals surface area (Å²) in [5, 5.41) is 6.32. The second-order valence-electron chi connectivity index (χ2n) is 10.4. The van der Waals surface area contributed by atoms with Gasteiger partial charge in [-0.15, -0.1) is 0 Å². The molecule has 4 rings (SSSR count). The molecule has 1 aromatic carbocycles. The van der Waals surface area contributed by atoms with Crippen molar-refractivity contribution in [3.63, 3.8) is 0 Å². The highest BCUT2D eigenvalue weighted by molar-refractivity contribution is 5.77. The van der Waals surface area contributed by atoms with Crippen molar-refractivity contribution in [1.29, 1.82) is 0 Å². The minimum absolute atomic E-state index is 0.0765. The number of nitrogens with zero attached hydrogens (tertiary/aromatic N) is 1. The van der Waals surface area contributed by atoms with Crippen LogP contribution in [0.2, 0.25) is 0 Å². The molecule has 3 aliphatic rings. The van der Waals surface area contributed by atoms with Crippen LogP contribution in [0.25, 0.3) is 0 Å². The summed E-state index contributed by atoms with van der Waals surface area (Å²) in [6, 6.07) is 8.55. The van der Waals surface area contributed by atoms with Crippen molar-refractivity contribution in [2.75, 3.05) is 19.6 Å². The van der Waals surface area contributed by atoms with E-state index in [4.69, 9.17) is 4.74 Å². The van der Waals surface area contributed by atoms with Gasteiger partial charge in [-0.1, -0.05) is 51.3 Å². The van der Waals surface area contributed by atoms with Crippen LogP contribution in [0.5, 0.6) is 5.75 Å². The minimum Gasteiger partial charge on any atom is -0.487 e. The number of rotatable bonds is 5.